The predicted octanol–water partition coefficient (Wildman–Crippen LogP) is 4.00. The molecule has 0 bridgehead atoms. The van der Waals surface area contributed by atoms with Crippen molar-refractivity contribution in [1.82, 2.24) is 4.72 Å². The molecule has 1 amide bonds. The van der Waals surface area contributed by atoms with Gasteiger partial charge in [0.05, 0.1) is 16.8 Å². The highest BCUT2D eigenvalue weighted by atomic mass is 35.5. The fraction of sp³-hybridized carbons (Fsp3) is 0.278. The molecule has 0 aliphatic rings. The Morgan fingerprint density at radius 1 is 1.11 bits per heavy atom. The molecule has 1 unspecified atom stereocenters. The second-order valence-corrected chi connectivity index (χ2v) is 6.69. The molecule has 0 aromatic heterocycles. The van der Waals surface area contributed by atoms with Crippen molar-refractivity contribution in [2.24, 2.45) is 0 Å². The fourth-order valence-electron chi connectivity index (χ4n) is 2.38. The third-order valence-corrected chi connectivity index (χ3v) is 4.41. The highest BCUT2D eigenvalue weighted by molar-refractivity contribution is 7.78. The predicted molar refractivity (Wildman–Crippen MR) is 106 cm³/mol. The minimum atomic E-state index is -1.61. The van der Waals surface area contributed by atoms with Crippen molar-refractivity contribution in [3.05, 3.63) is 58.4 Å². The first-order valence-electron chi connectivity index (χ1n) is 8.36. The molecule has 152 valence electrons. The van der Waals surface area contributed by atoms with Crippen molar-refractivity contribution in [2.75, 3.05) is 23.7 Å². The number of carbonyl (C=O) groups is 1. The van der Waals surface area contributed by atoms with Crippen LogP contribution in [0.5, 0.6) is 0 Å². The highest BCUT2D eigenvalue weighted by Crippen LogP contribution is 2.24. The molecule has 0 aliphatic carbocycles. The van der Waals surface area contributed by atoms with Crippen LogP contribution in [0.3, 0.4) is 0 Å². The first-order valence-corrected chi connectivity index (χ1v) is 9.18. The number of hydrogen-bond donors (Lipinski definition) is 5. The average Bonchev–Trinajstić information content (AvgIpc) is 2.65. The topological polar surface area (TPSA) is 73.4 Å². The number of thiol groups is 1. The van der Waals surface area contributed by atoms with E-state index in [1.807, 2.05) is 0 Å². The van der Waals surface area contributed by atoms with Crippen LogP contribution in [-0.4, -0.2) is 30.2 Å². The zero-order chi connectivity index (χ0) is 20.7. The van der Waals surface area contributed by atoms with E-state index in [0.717, 1.165) is 0 Å². The van der Waals surface area contributed by atoms with E-state index < -0.39 is 29.5 Å². The van der Waals surface area contributed by atoms with Gasteiger partial charge in [-0.1, -0.05) is 24.4 Å². The minimum absolute atomic E-state index is 0.178. The third kappa shape index (κ3) is 6.30. The summed E-state index contributed by atoms with van der Waals surface area (Å²) in [5.41, 5.74) is 0.425. The molecule has 28 heavy (non-hydrogen) atoms. The van der Waals surface area contributed by atoms with Crippen molar-refractivity contribution in [3.8, 4) is 0 Å². The second-order valence-electron chi connectivity index (χ2n) is 5.97. The maximum absolute atomic E-state index is 13.3. The summed E-state index contributed by atoms with van der Waals surface area (Å²) >= 11 is 9.95. The largest absolute Gasteiger partial charge is 0.393 e. The van der Waals surface area contributed by atoms with Gasteiger partial charge in [-0.2, -0.15) is 0 Å². The summed E-state index contributed by atoms with van der Waals surface area (Å²) in [5, 5.41) is 15.5. The first-order chi connectivity index (χ1) is 13.3. The molecule has 0 saturated heterocycles. The van der Waals surface area contributed by atoms with Gasteiger partial charge in [0.15, 0.2) is 17.5 Å². The van der Waals surface area contributed by atoms with Gasteiger partial charge in [0.25, 0.3) is 5.91 Å². The smallest absolute Gasteiger partial charge is 0.255 e. The van der Waals surface area contributed by atoms with Gasteiger partial charge in [-0.05, 0) is 31.0 Å². The lowest BCUT2D eigenvalue weighted by molar-refractivity contribution is 0.102. The van der Waals surface area contributed by atoms with Gasteiger partial charge in [0.2, 0.25) is 0 Å². The number of carbonyl (C=O) groups excluding carboxylic acids is 1. The van der Waals surface area contributed by atoms with Crippen LogP contribution in [0.15, 0.2) is 30.3 Å². The molecule has 10 heteroatoms. The Morgan fingerprint density at radius 2 is 1.75 bits per heavy atom. The van der Waals surface area contributed by atoms with E-state index in [2.05, 4.69) is 28.2 Å². The van der Waals surface area contributed by atoms with Crippen molar-refractivity contribution in [2.45, 2.75) is 18.9 Å². The number of benzene rings is 2. The molecule has 0 saturated carbocycles. The molecule has 0 aliphatic heterocycles. The van der Waals surface area contributed by atoms with Gasteiger partial charge >= 0.3 is 0 Å². The lowest BCUT2D eigenvalue weighted by Crippen LogP contribution is -2.18. The average molecular weight is 434 g/mol. The lowest BCUT2D eigenvalue weighted by atomic mass is 10.1. The molecule has 4 N–H and O–H groups in total. The Morgan fingerprint density at radius 3 is 2.39 bits per heavy atom. The Bertz CT molecular complexity index is 819. The van der Waals surface area contributed by atoms with Gasteiger partial charge < -0.3 is 15.7 Å². The van der Waals surface area contributed by atoms with Gasteiger partial charge in [0.1, 0.15) is 0 Å². The summed E-state index contributed by atoms with van der Waals surface area (Å²) in [7, 11) is 0. The molecule has 5 nitrogen and oxygen atoms in total. The number of hydrogen-bond acceptors (Lipinski definition) is 5. The van der Waals surface area contributed by atoms with Crippen molar-refractivity contribution >= 4 is 41.7 Å². The quantitative estimate of drug-likeness (QED) is 0.306. The Labute approximate surface area is 170 Å². The number of anilines is 2. The SMILES string of the molecule is O=C(Nc1cc(F)c(F)c(F)c1)c1ccc(Cl)c(NCCC(O)CCNS)c1. The Hall–Kier alpha value is -1.94. The summed E-state index contributed by atoms with van der Waals surface area (Å²) in [5.74, 6) is -5.06. The minimum Gasteiger partial charge on any atom is -0.393 e. The van der Waals surface area contributed by atoms with Gasteiger partial charge in [-0.15, -0.1) is 0 Å². The molecule has 0 radical (unpaired) electrons. The number of rotatable bonds is 9. The third-order valence-electron chi connectivity index (χ3n) is 3.85. The molecule has 1 atom stereocenters. The monoisotopic (exact) mass is 433 g/mol. The molecule has 2 aromatic carbocycles. The number of aliphatic hydroxyl groups is 1. The molecule has 0 spiro atoms. The van der Waals surface area contributed by atoms with Crippen LogP contribution in [0.25, 0.3) is 0 Å². The summed E-state index contributed by atoms with van der Waals surface area (Å²) in [4.78, 5) is 12.3. The molecular weight excluding hydrogens is 415 g/mol. The number of aliphatic hydroxyl groups excluding tert-OH is 1. The fourth-order valence-corrected chi connectivity index (χ4v) is 2.70. The lowest BCUT2D eigenvalue weighted by Gasteiger charge is -2.13. The second kappa shape index (κ2) is 10.6. The summed E-state index contributed by atoms with van der Waals surface area (Å²) in [6, 6.07) is 5.77. The number of amides is 1. The Kier molecular flexibility index (Phi) is 8.43. The van der Waals surface area contributed by atoms with Crippen LogP contribution in [0.1, 0.15) is 23.2 Å². The van der Waals surface area contributed by atoms with Gasteiger partial charge in [-0.3, -0.25) is 9.52 Å². The Balaban J connectivity index is 2.02. The van der Waals surface area contributed by atoms with Crippen molar-refractivity contribution in [3.63, 3.8) is 0 Å². The van der Waals surface area contributed by atoms with Crippen LogP contribution < -0.4 is 15.4 Å². The van der Waals surface area contributed by atoms with Crippen molar-refractivity contribution < 1.29 is 23.1 Å². The zero-order valence-corrected chi connectivity index (χ0v) is 16.3. The molecule has 2 aromatic rings. The van der Waals surface area contributed by atoms with Crippen LogP contribution >= 0.6 is 24.4 Å². The highest BCUT2D eigenvalue weighted by Gasteiger charge is 2.14. The van der Waals surface area contributed by atoms with E-state index in [1.165, 1.54) is 18.2 Å². The number of nitrogens with one attached hydrogen (secondary N) is 3. The van der Waals surface area contributed by atoms with E-state index in [1.54, 1.807) is 0 Å². The van der Waals surface area contributed by atoms with Crippen molar-refractivity contribution in [1.29, 1.82) is 0 Å². The van der Waals surface area contributed by atoms with E-state index >= 15 is 0 Å². The molecule has 2 rings (SSSR count). The van der Waals surface area contributed by atoms with E-state index in [4.69, 9.17) is 11.6 Å². The standard InChI is InChI=1S/C18H19ClF3N3O2S/c19-13-2-1-10(7-16(13)23-5-3-12(26)4-6-24-28)18(27)25-11-8-14(20)17(22)15(21)9-11/h1-2,7-9,12,23-24,26,28H,3-6H2,(H,25,27). The van der Waals surface area contributed by atoms with Crippen LogP contribution in [0.2, 0.25) is 5.02 Å². The maximum atomic E-state index is 13.3. The molecule has 0 fully saturated rings. The normalized spacial score (nSPS) is 11.9. The van der Waals surface area contributed by atoms with Gasteiger partial charge in [-0.25, -0.2) is 13.2 Å². The van der Waals surface area contributed by atoms with E-state index in [0.29, 0.717) is 48.8 Å². The molecular formula is C18H19ClF3N3O2S. The van der Waals surface area contributed by atoms with Crippen LogP contribution in [0.4, 0.5) is 24.5 Å². The maximum Gasteiger partial charge on any atom is 0.255 e. The van der Waals surface area contributed by atoms with E-state index in [9.17, 15) is 23.1 Å². The van der Waals surface area contributed by atoms with Gasteiger partial charge in [0, 0.05) is 36.5 Å². The summed E-state index contributed by atoms with van der Waals surface area (Å²) < 4.78 is 42.2. The summed E-state index contributed by atoms with van der Waals surface area (Å²) in [6.45, 7) is 0.970. The van der Waals surface area contributed by atoms with Crippen LogP contribution in [-0.2, 0) is 0 Å². The number of halogens is 4. The van der Waals surface area contributed by atoms with Crippen LogP contribution in [0, 0.1) is 17.5 Å². The zero-order valence-electron chi connectivity index (χ0n) is 14.6. The van der Waals surface area contributed by atoms with E-state index in [-0.39, 0.29) is 11.3 Å². The summed E-state index contributed by atoms with van der Waals surface area (Å²) in [6.07, 6.45) is 0.461. The first kappa shape index (κ1) is 22.4. The molecule has 0 heterocycles.